The number of esters is 1. The summed E-state index contributed by atoms with van der Waals surface area (Å²) in [6.07, 6.45) is 0.367. The van der Waals surface area contributed by atoms with Crippen molar-refractivity contribution in [1.82, 2.24) is 0 Å². The van der Waals surface area contributed by atoms with Crippen LogP contribution >= 0.6 is 0 Å². The van der Waals surface area contributed by atoms with E-state index >= 15 is 0 Å². The van der Waals surface area contributed by atoms with E-state index in [4.69, 9.17) is 4.74 Å². The fraction of sp³-hybridized carbons (Fsp3) is 0.364. The Morgan fingerprint density at radius 3 is 2.61 bits per heavy atom. The van der Waals surface area contributed by atoms with Crippen molar-refractivity contribution in [2.45, 2.75) is 12.8 Å². The molecule has 0 spiro atoms. The van der Waals surface area contributed by atoms with Gasteiger partial charge in [-0.15, -0.1) is 0 Å². The monoisotopic (exact) mass is 255 g/mol. The van der Waals surface area contributed by atoms with Crippen LogP contribution in [-0.4, -0.2) is 30.2 Å². The van der Waals surface area contributed by atoms with Crippen LogP contribution in [0.4, 0.5) is 5.69 Å². The van der Waals surface area contributed by atoms with E-state index in [-0.39, 0.29) is 18.6 Å². The van der Waals surface area contributed by atoms with Crippen molar-refractivity contribution in [3.63, 3.8) is 0 Å². The average molecular weight is 255 g/mol. The first-order valence-corrected chi connectivity index (χ1v) is 5.10. The average Bonchev–Trinajstić information content (AvgIpc) is 2.36. The van der Waals surface area contributed by atoms with E-state index < -0.39 is 22.3 Å². The molecule has 1 aromatic carbocycles. The van der Waals surface area contributed by atoms with Crippen molar-refractivity contribution in [1.29, 1.82) is 0 Å². The third-order valence-corrected chi connectivity index (χ3v) is 2.38. The number of aryl methyl sites for hydroxylation is 1. The summed E-state index contributed by atoms with van der Waals surface area (Å²) in [5.41, 5.74) is 0.0657. The van der Waals surface area contributed by atoms with Crippen LogP contribution in [0.2, 0.25) is 0 Å². The standard InChI is InChI=1S/C11H13NO6/c1-17-9-6-7(3-4-10(13)18-2)5-8(11(9)14)12(15)16/h5-6,14H,3-4H2,1-2H3. The number of hydrogen-bond donors (Lipinski definition) is 1. The molecule has 7 nitrogen and oxygen atoms in total. The van der Waals surface area contributed by atoms with Gasteiger partial charge in [0.1, 0.15) is 0 Å². The minimum Gasteiger partial charge on any atom is -0.500 e. The Bertz CT molecular complexity index is 471. The van der Waals surface area contributed by atoms with Crippen LogP contribution in [-0.2, 0) is 16.0 Å². The molecule has 0 atom stereocenters. The van der Waals surface area contributed by atoms with E-state index in [0.717, 1.165) is 0 Å². The predicted molar refractivity (Wildman–Crippen MR) is 61.7 cm³/mol. The molecule has 0 saturated heterocycles. The lowest BCUT2D eigenvalue weighted by molar-refractivity contribution is -0.386. The maximum Gasteiger partial charge on any atom is 0.314 e. The second-order valence-corrected chi connectivity index (χ2v) is 3.50. The van der Waals surface area contributed by atoms with Gasteiger partial charge in [0.15, 0.2) is 5.75 Å². The molecule has 0 saturated carbocycles. The van der Waals surface area contributed by atoms with Gasteiger partial charge in [-0.3, -0.25) is 14.9 Å². The van der Waals surface area contributed by atoms with Gasteiger partial charge in [0.2, 0.25) is 5.75 Å². The maximum absolute atomic E-state index is 11.0. The van der Waals surface area contributed by atoms with Gasteiger partial charge >= 0.3 is 11.7 Å². The molecule has 0 radical (unpaired) electrons. The molecule has 0 unspecified atom stereocenters. The SMILES string of the molecule is COC(=O)CCc1cc(OC)c(O)c([N+](=O)[O-])c1. The van der Waals surface area contributed by atoms with Crippen molar-refractivity contribution in [2.24, 2.45) is 0 Å². The summed E-state index contributed by atoms with van der Waals surface area (Å²) in [4.78, 5) is 21.0. The molecule has 0 aliphatic rings. The number of rotatable bonds is 5. The number of methoxy groups -OCH3 is 2. The summed E-state index contributed by atoms with van der Waals surface area (Å²) < 4.78 is 9.32. The highest BCUT2D eigenvalue weighted by Crippen LogP contribution is 2.37. The van der Waals surface area contributed by atoms with Gasteiger partial charge in [-0.05, 0) is 18.1 Å². The Hall–Kier alpha value is -2.31. The molecular weight excluding hydrogens is 242 g/mol. The van der Waals surface area contributed by atoms with Crippen molar-refractivity contribution < 1.29 is 24.3 Å². The van der Waals surface area contributed by atoms with Gasteiger partial charge < -0.3 is 14.6 Å². The number of benzene rings is 1. The van der Waals surface area contributed by atoms with Gasteiger partial charge in [0.05, 0.1) is 19.1 Å². The number of nitro groups is 1. The molecule has 0 aromatic heterocycles. The quantitative estimate of drug-likeness (QED) is 0.485. The second-order valence-electron chi connectivity index (χ2n) is 3.50. The number of nitrogens with zero attached hydrogens (tertiary/aromatic N) is 1. The molecule has 18 heavy (non-hydrogen) atoms. The summed E-state index contributed by atoms with van der Waals surface area (Å²) in [6.45, 7) is 0. The maximum atomic E-state index is 11.0. The molecule has 0 aliphatic carbocycles. The van der Waals surface area contributed by atoms with Gasteiger partial charge in [-0.2, -0.15) is 0 Å². The molecule has 1 rings (SSSR count). The summed E-state index contributed by atoms with van der Waals surface area (Å²) in [7, 11) is 2.56. The summed E-state index contributed by atoms with van der Waals surface area (Å²) >= 11 is 0. The normalized spacial score (nSPS) is 9.89. The fourth-order valence-electron chi connectivity index (χ4n) is 1.44. The molecule has 0 amide bonds. The number of carbonyl (C=O) groups excluding carboxylic acids is 1. The summed E-state index contributed by atoms with van der Waals surface area (Å²) in [6, 6.07) is 2.66. The zero-order chi connectivity index (χ0) is 13.7. The first-order valence-electron chi connectivity index (χ1n) is 5.10. The van der Waals surface area contributed by atoms with E-state index in [1.807, 2.05) is 0 Å². The number of nitro benzene ring substituents is 1. The molecule has 98 valence electrons. The van der Waals surface area contributed by atoms with Crippen LogP contribution in [0.5, 0.6) is 11.5 Å². The Morgan fingerprint density at radius 2 is 2.11 bits per heavy atom. The molecule has 7 heteroatoms. The molecule has 0 aliphatic heterocycles. The highest BCUT2D eigenvalue weighted by Gasteiger charge is 2.20. The predicted octanol–water partition coefficient (Wildman–Crippen LogP) is 1.41. The minimum atomic E-state index is -0.709. The highest BCUT2D eigenvalue weighted by atomic mass is 16.6. The third-order valence-electron chi connectivity index (χ3n) is 2.38. The molecule has 1 aromatic rings. The second kappa shape index (κ2) is 5.85. The van der Waals surface area contributed by atoms with E-state index in [1.165, 1.54) is 26.4 Å². The molecule has 1 N–H and O–H groups in total. The molecule has 0 bridgehead atoms. The first kappa shape index (κ1) is 13.8. The van der Waals surface area contributed by atoms with Crippen LogP contribution in [0.3, 0.4) is 0 Å². The van der Waals surface area contributed by atoms with Gasteiger partial charge in [-0.25, -0.2) is 0 Å². The summed E-state index contributed by atoms with van der Waals surface area (Å²) in [5, 5.41) is 20.3. The lowest BCUT2D eigenvalue weighted by atomic mass is 10.1. The van der Waals surface area contributed by atoms with Crippen LogP contribution in [0.1, 0.15) is 12.0 Å². The topological polar surface area (TPSA) is 98.9 Å². The number of phenols is 1. The smallest absolute Gasteiger partial charge is 0.314 e. The number of phenolic OH excluding ortho intramolecular Hbond substituents is 1. The molecule has 0 heterocycles. The lowest BCUT2D eigenvalue weighted by Crippen LogP contribution is -2.02. The molecular formula is C11H13NO6. The number of hydrogen-bond acceptors (Lipinski definition) is 6. The van der Waals surface area contributed by atoms with Gasteiger partial charge in [0.25, 0.3) is 0 Å². The minimum absolute atomic E-state index is 0.00376. The Labute approximate surface area is 103 Å². The Kier molecular flexibility index (Phi) is 4.47. The largest absolute Gasteiger partial charge is 0.500 e. The first-order chi connectivity index (χ1) is 8.49. The van der Waals surface area contributed by atoms with Crippen LogP contribution < -0.4 is 4.74 Å². The fourth-order valence-corrected chi connectivity index (χ4v) is 1.44. The Morgan fingerprint density at radius 1 is 1.44 bits per heavy atom. The highest BCUT2D eigenvalue weighted by molar-refractivity contribution is 5.69. The molecule has 0 fully saturated rings. The van der Waals surface area contributed by atoms with Gasteiger partial charge in [-0.1, -0.05) is 0 Å². The van der Waals surface area contributed by atoms with Crippen molar-refractivity contribution in [2.75, 3.05) is 14.2 Å². The lowest BCUT2D eigenvalue weighted by Gasteiger charge is -2.07. The zero-order valence-electron chi connectivity index (χ0n) is 10.0. The van der Waals surface area contributed by atoms with Crippen molar-refractivity contribution in [3.8, 4) is 11.5 Å². The van der Waals surface area contributed by atoms with E-state index in [9.17, 15) is 20.0 Å². The Balaban J connectivity index is 3.02. The van der Waals surface area contributed by atoms with Crippen molar-refractivity contribution >= 4 is 11.7 Å². The number of carbonyl (C=O) groups is 1. The van der Waals surface area contributed by atoms with E-state index in [0.29, 0.717) is 5.56 Å². The zero-order valence-corrected chi connectivity index (χ0v) is 10.0. The van der Waals surface area contributed by atoms with E-state index in [1.54, 1.807) is 0 Å². The third kappa shape index (κ3) is 3.09. The van der Waals surface area contributed by atoms with Crippen molar-refractivity contribution in [3.05, 3.63) is 27.8 Å². The summed E-state index contributed by atoms with van der Waals surface area (Å²) in [5.74, 6) is -0.932. The van der Waals surface area contributed by atoms with Crippen LogP contribution in [0.15, 0.2) is 12.1 Å². The number of aromatic hydroxyl groups is 1. The number of ether oxygens (including phenoxy) is 2. The van der Waals surface area contributed by atoms with Crippen LogP contribution in [0, 0.1) is 10.1 Å². The van der Waals surface area contributed by atoms with Gasteiger partial charge in [0, 0.05) is 12.5 Å². The van der Waals surface area contributed by atoms with Crippen LogP contribution in [0.25, 0.3) is 0 Å². The van der Waals surface area contributed by atoms with E-state index in [2.05, 4.69) is 4.74 Å².